The lowest BCUT2D eigenvalue weighted by Crippen LogP contribution is -2.49. The molecule has 0 unspecified atom stereocenters. The van der Waals surface area contributed by atoms with Gasteiger partial charge in [-0.15, -0.1) is 0 Å². The Morgan fingerprint density at radius 1 is 1.15 bits per heavy atom. The molecule has 0 bridgehead atoms. The first-order valence-corrected chi connectivity index (χ1v) is 9.09. The SMILES string of the molecule is COc1cc2nc(CN3CCN(C(=O)C(C)C)CC3)[nH]c(=O)c2cc1OC. The number of ether oxygens (including phenoxy) is 2. The summed E-state index contributed by atoms with van der Waals surface area (Å²) >= 11 is 0. The molecule has 0 spiro atoms. The van der Waals surface area contributed by atoms with Crippen LogP contribution in [0.25, 0.3) is 10.9 Å². The first-order chi connectivity index (χ1) is 12.9. The molecular formula is C19H26N4O4. The molecule has 1 aromatic heterocycles. The van der Waals surface area contributed by atoms with Gasteiger partial charge in [0.25, 0.3) is 5.56 Å². The number of carbonyl (C=O) groups excluding carboxylic acids is 1. The molecule has 27 heavy (non-hydrogen) atoms. The lowest BCUT2D eigenvalue weighted by molar-refractivity contribution is -0.136. The van der Waals surface area contributed by atoms with Gasteiger partial charge in [-0.3, -0.25) is 14.5 Å². The van der Waals surface area contributed by atoms with E-state index in [1.165, 1.54) is 7.11 Å². The van der Waals surface area contributed by atoms with E-state index < -0.39 is 0 Å². The van der Waals surface area contributed by atoms with Crippen LogP contribution in [0.2, 0.25) is 0 Å². The van der Waals surface area contributed by atoms with Crippen LogP contribution in [0.15, 0.2) is 16.9 Å². The van der Waals surface area contributed by atoms with Crippen LogP contribution in [0.4, 0.5) is 0 Å². The fourth-order valence-electron chi connectivity index (χ4n) is 3.29. The van der Waals surface area contributed by atoms with E-state index in [1.54, 1.807) is 19.2 Å². The fraction of sp³-hybridized carbons (Fsp3) is 0.526. The summed E-state index contributed by atoms with van der Waals surface area (Å²) in [6, 6.07) is 3.35. The number of H-pyrrole nitrogens is 1. The second kappa shape index (κ2) is 7.96. The minimum Gasteiger partial charge on any atom is -0.493 e. The van der Waals surface area contributed by atoms with Gasteiger partial charge in [-0.25, -0.2) is 4.98 Å². The number of aromatic nitrogens is 2. The van der Waals surface area contributed by atoms with Crippen molar-refractivity contribution in [1.82, 2.24) is 19.8 Å². The summed E-state index contributed by atoms with van der Waals surface area (Å²) in [6.07, 6.45) is 0. The minimum atomic E-state index is -0.204. The highest BCUT2D eigenvalue weighted by atomic mass is 16.5. The Morgan fingerprint density at radius 3 is 2.37 bits per heavy atom. The van der Waals surface area contributed by atoms with Crippen molar-refractivity contribution in [1.29, 1.82) is 0 Å². The van der Waals surface area contributed by atoms with E-state index in [4.69, 9.17) is 9.47 Å². The zero-order chi connectivity index (χ0) is 19.6. The second-order valence-electron chi connectivity index (χ2n) is 6.99. The average Bonchev–Trinajstić information content (AvgIpc) is 2.67. The maximum absolute atomic E-state index is 12.5. The molecule has 2 aromatic rings. The van der Waals surface area contributed by atoms with Gasteiger partial charge in [-0.1, -0.05) is 13.8 Å². The van der Waals surface area contributed by atoms with Crippen LogP contribution in [-0.4, -0.2) is 66.1 Å². The zero-order valence-electron chi connectivity index (χ0n) is 16.2. The van der Waals surface area contributed by atoms with Gasteiger partial charge in [0.05, 0.1) is 31.7 Å². The van der Waals surface area contributed by atoms with Crippen LogP contribution in [0.5, 0.6) is 11.5 Å². The van der Waals surface area contributed by atoms with Crippen molar-refractivity contribution < 1.29 is 14.3 Å². The van der Waals surface area contributed by atoms with Gasteiger partial charge in [0, 0.05) is 38.2 Å². The van der Waals surface area contributed by atoms with Crippen molar-refractivity contribution in [2.75, 3.05) is 40.4 Å². The quantitative estimate of drug-likeness (QED) is 0.847. The predicted octanol–water partition coefficient (Wildman–Crippen LogP) is 1.24. The summed E-state index contributed by atoms with van der Waals surface area (Å²) in [6.45, 7) is 7.27. The molecule has 1 amide bonds. The maximum Gasteiger partial charge on any atom is 0.258 e. The van der Waals surface area contributed by atoms with Crippen LogP contribution < -0.4 is 15.0 Å². The first-order valence-electron chi connectivity index (χ1n) is 9.09. The number of rotatable bonds is 5. The third-order valence-electron chi connectivity index (χ3n) is 4.81. The maximum atomic E-state index is 12.5. The van der Waals surface area contributed by atoms with Gasteiger partial charge in [0.15, 0.2) is 11.5 Å². The largest absolute Gasteiger partial charge is 0.493 e. The number of piperazine rings is 1. The van der Waals surface area contributed by atoms with E-state index in [0.29, 0.717) is 47.9 Å². The number of fused-ring (bicyclic) bond motifs is 1. The highest BCUT2D eigenvalue weighted by Crippen LogP contribution is 2.29. The average molecular weight is 374 g/mol. The molecule has 0 aliphatic carbocycles. The summed E-state index contributed by atoms with van der Waals surface area (Å²) < 4.78 is 10.6. The van der Waals surface area contributed by atoms with Gasteiger partial charge in [-0.2, -0.15) is 0 Å². The van der Waals surface area contributed by atoms with Crippen LogP contribution in [-0.2, 0) is 11.3 Å². The van der Waals surface area contributed by atoms with Crippen molar-refractivity contribution >= 4 is 16.8 Å². The summed E-state index contributed by atoms with van der Waals surface area (Å²) in [4.78, 5) is 36.1. The third kappa shape index (κ3) is 4.05. The standard InChI is InChI=1S/C19H26N4O4/c1-12(2)19(25)23-7-5-22(6-8-23)11-17-20-14-10-16(27-4)15(26-3)9-13(14)18(24)21-17/h9-10,12H,5-8,11H2,1-4H3,(H,20,21,24). The van der Waals surface area contributed by atoms with E-state index in [1.807, 2.05) is 18.7 Å². The molecular weight excluding hydrogens is 348 g/mol. The Bertz CT molecular complexity index is 885. The van der Waals surface area contributed by atoms with E-state index in [2.05, 4.69) is 14.9 Å². The molecule has 0 saturated carbocycles. The number of carbonyl (C=O) groups is 1. The van der Waals surface area contributed by atoms with E-state index in [9.17, 15) is 9.59 Å². The predicted molar refractivity (Wildman–Crippen MR) is 102 cm³/mol. The second-order valence-corrected chi connectivity index (χ2v) is 6.99. The minimum absolute atomic E-state index is 0.0158. The molecule has 1 fully saturated rings. The van der Waals surface area contributed by atoms with Crippen molar-refractivity contribution in [3.63, 3.8) is 0 Å². The number of hydrogen-bond donors (Lipinski definition) is 1. The van der Waals surface area contributed by atoms with Gasteiger partial charge in [0.2, 0.25) is 5.91 Å². The molecule has 146 valence electrons. The molecule has 1 aliphatic rings. The van der Waals surface area contributed by atoms with Gasteiger partial charge < -0.3 is 19.4 Å². The van der Waals surface area contributed by atoms with E-state index in [0.717, 1.165) is 13.1 Å². The van der Waals surface area contributed by atoms with Crippen LogP contribution in [0.3, 0.4) is 0 Å². The Labute approximate surface area is 158 Å². The molecule has 8 nitrogen and oxygen atoms in total. The lowest BCUT2D eigenvalue weighted by Gasteiger charge is -2.35. The molecule has 8 heteroatoms. The number of nitrogens with zero attached hydrogens (tertiary/aromatic N) is 3. The first kappa shape index (κ1) is 19.2. The Morgan fingerprint density at radius 2 is 1.78 bits per heavy atom. The summed E-state index contributed by atoms with van der Waals surface area (Å²) in [5.41, 5.74) is 0.365. The Kier molecular flexibility index (Phi) is 5.65. The van der Waals surface area contributed by atoms with Gasteiger partial charge in [-0.05, 0) is 6.07 Å². The molecule has 0 atom stereocenters. The number of methoxy groups -OCH3 is 2. The number of benzene rings is 1. The van der Waals surface area contributed by atoms with Crippen LogP contribution in [0, 0.1) is 5.92 Å². The Hall–Kier alpha value is -2.61. The highest BCUT2D eigenvalue weighted by Gasteiger charge is 2.23. The Balaban J connectivity index is 1.76. The third-order valence-corrected chi connectivity index (χ3v) is 4.81. The zero-order valence-corrected chi connectivity index (χ0v) is 16.2. The van der Waals surface area contributed by atoms with Gasteiger partial charge in [0.1, 0.15) is 5.82 Å². The fourth-order valence-corrected chi connectivity index (χ4v) is 3.29. The molecule has 1 aromatic carbocycles. The highest BCUT2D eigenvalue weighted by molar-refractivity contribution is 5.81. The summed E-state index contributed by atoms with van der Waals surface area (Å²) in [5.74, 6) is 1.84. The van der Waals surface area contributed by atoms with Crippen LogP contribution >= 0.6 is 0 Å². The van der Waals surface area contributed by atoms with Crippen molar-refractivity contribution in [3.8, 4) is 11.5 Å². The number of aromatic amines is 1. The monoisotopic (exact) mass is 374 g/mol. The van der Waals surface area contributed by atoms with Gasteiger partial charge >= 0.3 is 0 Å². The van der Waals surface area contributed by atoms with E-state index >= 15 is 0 Å². The topological polar surface area (TPSA) is 87.8 Å². The molecule has 1 N–H and O–H groups in total. The lowest BCUT2D eigenvalue weighted by atomic mass is 10.1. The molecule has 2 heterocycles. The van der Waals surface area contributed by atoms with Crippen molar-refractivity contribution in [2.24, 2.45) is 5.92 Å². The number of hydrogen-bond acceptors (Lipinski definition) is 6. The van der Waals surface area contributed by atoms with Crippen molar-refractivity contribution in [2.45, 2.75) is 20.4 Å². The molecule has 0 radical (unpaired) electrons. The smallest absolute Gasteiger partial charge is 0.258 e. The molecule has 1 aliphatic heterocycles. The normalized spacial score (nSPS) is 15.4. The van der Waals surface area contributed by atoms with Crippen LogP contribution in [0.1, 0.15) is 19.7 Å². The summed E-state index contributed by atoms with van der Waals surface area (Å²) in [5, 5.41) is 0.462. The number of nitrogens with one attached hydrogen (secondary N) is 1. The van der Waals surface area contributed by atoms with E-state index in [-0.39, 0.29) is 17.4 Å². The van der Waals surface area contributed by atoms with Crippen molar-refractivity contribution in [3.05, 3.63) is 28.3 Å². The molecule has 1 saturated heterocycles. The molecule has 3 rings (SSSR count). The number of amides is 1. The summed E-state index contributed by atoms with van der Waals surface area (Å²) in [7, 11) is 3.08.